The molecule has 0 bridgehead atoms. The van der Waals surface area contributed by atoms with Gasteiger partial charge in [-0.05, 0) is 30.4 Å². The third-order valence-electron chi connectivity index (χ3n) is 4.76. The molecule has 4 rings (SSSR count). The quantitative estimate of drug-likeness (QED) is 0.681. The summed E-state index contributed by atoms with van der Waals surface area (Å²) in [7, 11) is -3.66. The third-order valence-corrected chi connectivity index (χ3v) is 6.42. The summed E-state index contributed by atoms with van der Waals surface area (Å²) in [5.41, 5.74) is 1.17. The van der Waals surface area contributed by atoms with Gasteiger partial charge in [0.2, 0.25) is 0 Å². The van der Waals surface area contributed by atoms with Gasteiger partial charge in [0.25, 0.3) is 10.2 Å². The zero-order valence-corrected chi connectivity index (χ0v) is 16.3. The molecule has 3 N–H and O–H groups in total. The number of aromatic nitrogens is 2. The smallest absolute Gasteiger partial charge is 0.274 e. The summed E-state index contributed by atoms with van der Waals surface area (Å²) in [4.78, 5) is 13.3. The predicted octanol–water partition coefficient (Wildman–Crippen LogP) is 2.37. The van der Waals surface area contributed by atoms with Crippen LogP contribution in [0, 0.1) is 5.92 Å². The van der Waals surface area contributed by atoms with Crippen molar-refractivity contribution in [1.82, 2.24) is 14.7 Å². The van der Waals surface area contributed by atoms with Gasteiger partial charge < -0.3 is 4.90 Å². The summed E-state index contributed by atoms with van der Waals surface area (Å²) in [5, 5.41) is 6.10. The van der Waals surface area contributed by atoms with E-state index in [2.05, 4.69) is 37.8 Å². The molecule has 3 aromatic rings. The highest BCUT2D eigenvalue weighted by atomic mass is 32.2. The number of rotatable bonds is 5. The summed E-state index contributed by atoms with van der Waals surface area (Å²) < 4.78 is 24.8. The lowest BCUT2D eigenvalue weighted by Crippen LogP contribution is -2.42. The van der Waals surface area contributed by atoms with E-state index >= 15 is 0 Å². The lowest BCUT2D eigenvalue weighted by Gasteiger charge is -2.33. The van der Waals surface area contributed by atoms with E-state index in [1.807, 2.05) is 18.2 Å². The number of nitrogens with two attached hydrogens (primary N) is 1. The average Bonchev–Trinajstić information content (AvgIpc) is 3.11. The van der Waals surface area contributed by atoms with Crippen molar-refractivity contribution in [3.05, 3.63) is 42.7 Å². The van der Waals surface area contributed by atoms with E-state index in [9.17, 15) is 8.42 Å². The highest BCUT2D eigenvalue weighted by Gasteiger charge is 2.24. The Labute approximate surface area is 162 Å². The van der Waals surface area contributed by atoms with Crippen molar-refractivity contribution >= 4 is 37.6 Å². The summed E-state index contributed by atoms with van der Waals surface area (Å²) in [6, 6.07) is 12.4. The van der Waals surface area contributed by atoms with Crippen LogP contribution in [0.15, 0.2) is 42.7 Å². The van der Waals surface area contributed by atoms with Crippen LogP contribution in [0.4, 0.5) is 5.82 Å². The average molecular weight is 404 g/mol. The predicted molar refractivity (Wildman–Crippen MR) is 109 cm³/mol. The zero-order chi connectivity index (χ0) is 18.9. The van der Waals surface area contributed by atoms with Crippen molar-refractivity contribution in [2.75, 3.05) is 24.5 Å². The second-order valence-electron chi connectivity index (χ2n) is 6.74. The van der Waals surface area contributed by atoms with Crippen LogP contribution in [0.3, 0.4) is 0 Å². The number of piperidine rings is 1. The van der Waals surface area contributed by atoms with E-state index in [0.717, 1.165) is 46.8 Å². The molecule has 1 atom stereocenters. The maximum Gasteiger partial charge on any atom is 0.274 e. The molecule has 0 spiro atoms. The van der Waals surface area contributed by atoms with Crippen molar-refractivity contribution in [1.29, 1.82) is 0 Å². The van der Waals surface area contributed by atoms with Crippen molar-refractivity contribution in [2.45, 2.75) is 12.8 Å². The van der Waals surface area contributed by atoms with Gasteiger partial charge in [0.05, 0.1) is 5.39 Å². The second kappa shape index (κ2) is 7.51. The lowest BCUT2D eigenvalue weighted by molar-refractivity contribution is 0.410. The zero-order valence-electron chi connectivity index (χ0n) is 14.7. The summed E-state index contributed by atoms with van der Waals surface area (Å²) in [5.74, 6) is 1.12. The first kappa shape index (κ1) is 18.3. The third kappa shape index (κ3) is 4.27. The first-order chi connectivity index (χ1) is 13.0. The van der Waals surface area contributed by atoms with Gasteiger partial charge in [0.15, 0.2) is 0 Å². The second-order valence-corrected chi connectivity index (χ2v) is 9.15. The van der Waals surface area contributed by atoms with Gasteiger partial charge >= 0.3 is 0 Å². The molecule has 0 amide bonds. The van der Waals surface area contributed by atoms with Crippen LogP contribution < -0.4 is 14.8 Å². The number of hydrogen-bond acceptors (Lipinski definition) is 6. The molecule has 2 aromatic heterocycles. The molecule has 9 heteroatoms. The van der Waals surface area contributed by atoms with Crippen LogP contribution in [0.2, 0.25) is 0 Å². The number of fused-ring (bicyclic) bond motifs is 1. The minimum Gasteiger partial charge on any atom is -0.356 e. The van der Waals surface area contributed by atoms with Crippen molar-refractivity contribution in [3.8, 4) is 10.4 Å². The topological polar surface area (TPSA) is 101 Å². The molecule has 142 valence electrons. The van der Waals surface area contributed by atoms with Crippen LogP contribution in [-0.4, -0.2) is 38.0 Å². The molecule has 27 heavy (non-hydrogen) atoms. The molecule has 1 aromatic carbocycles. The van der Waals surface area contributed by atoms with Crippen LogP contribution in [0.5, 0.6) is 0 Å². The van der Waals surface area contributed by atoms with E-state index in [1.54, 1.807) is 17.7 Å². The molecule has 1 aliphatic heterocycles. The summed E-state index contributed by atoms with van der Waals surface area (Å²) in [6.45, 7) is 1.99. The highest BCUT2D eigenvalue weighted by molar-refractivity contribution is 7.87. The minimum atomic E-state index is -3.66. The molecule has 1 unspecified atom stereocenters. The SMILES string of the molecule is NS(=O)(=O)NCC1CCCN(c2ncnc3sc(-c4ccccc4)cc23)C1. The minimum absolute atomic E-state index is 0.203. The molecule has 1 aliphatic rings. The highest BCUT2D eigenvalue weighted by Crippen LogP contribution is 2.36. The van der Waals surface area contributed by atoms with Gasteiger partial charge in [-0.1, -0.05) is 30.3 Å². The maximum absolute atomic E-state index is 11.2. The first-order valence-corrected chi connectivity index (χ1v) is 11.2. The molecule has 0 radical (unpaired) electrons. The molecule has 0 aliphatic carbocycles. The Morgan fingerprint density at radius 2 is 2.07 bits per heavy atom. The van der Waals surface area contributed by atoms with Crippen molar-refractivity contribution in [3.63, 3.8) is 0 Å². The van der Waals surface area contributed by atoms with Crippen molar-refractivity contribution < 1.29 is 8.42 Å². The van der Waals surface area contributed by atoms with Crippen LogP contribution in [-0.2, 0) is 10.2 Å². The van der Waals surface area contributed by atoms with Crippen LogP contribution in [0.1, 0.15) is 12.8 Å². The summed E-state index contributed by atoms with van der Waals surface area (Å²) >= 11 is 1.66. The molecule has 7 nitrogen and oxygen atoms in total. The fraction of sp³-hybridized carbons (Fsp3) is 0.333. The normalized spacial score (nSPS) is 18.1. The Morgan fingerprint density at radius 1 is 1.26 bits per heavy atom. The largest absolute Gasteiger partial charge is 0.356 e. The Kier molecular flexibility index (Phi) is 5.09. The van der Waals surface area contributed by atoms with Crippen LogP contribution >= 0.6 is 11.3 Å². The Bertz CT molecular complexity index is 1040. The van der Waals surface area contributed by atoms with E-state index in [4.69, 9.17) is 5.14 Å². The number of benzene rings is 1. The standard InChI is InChI=1S/C18H21N5O2S2/c19-27(24,25)22-10-13-5-4-8-23(11-13)17-15-9-16(14-6-2-1-3-7-14)26-18(15)21-12-20-17/h1-3,6-7,9,12-13,22H,4-5,8,10-11H2,(H2,19,24,25). The van der Waals surface area contributed by atoms with Crippen LogP contribution in [0.25, 0.3) is 20.7 Å². The Morgan fingerprint density at radius 3 is 2.85 bits per heavy atom. The number of anilines is 1. The number of hydrogen-bond donors (Lipinski definition) is 2. The molecule has 0 saturated carbocycles. The van der Waals surface area contributed by atoms with E-state index in [-0.39, 0.29) is 5.92 Å². The first-order valence-electron chi connectivity index (χ1n) is 8.82. The molecular weight excluding hydrogens is 382 g/mol. The van der Waals surface area contributed by atoms with E-state index in [0.29, 0.717) is 6.54 Å². The van der Waals surface area contributed by atoms with Gasteiger partial charge in [-0.2, -0.15) is 8.42 Å². The van der Waals surface area contributed by atoms with Gasteiger partial charge in [0, 0.05) is 24.5 Å². The van der Waals surface area contributed by atoms with E-state index < -0.39 is 10.2 Å². The summed E-state index contributed by atoms with van der Waals surface area (Å²) in [6.07, 6.45) is 3.55. The fourth-order valence-corrected chi connectivity index (χ4v) is 4.96. The number of nitrogens with one attached hydrogen (secondary N) is 1. The number of nitrogens with zero attached hydrogens (tertiary/aromatic N) is 3. The molecule has 1 saturated heterocycles. The number of thiophene rings is 1. The Balaban J connectivity index is 1.60. The maximum atomic E-state index is 11.2. The Hall–Kier alpha value is -2.07. The van der Waals surface area contributed by atoms with Gasteiger partial charge in [-0.25, -0.2) is 19.8 Å². The molecule has 1 fully saturated rings. The lowest BCUT2D eigenvalue weighted by atomic mass is 9.98. The molecule has 3 heterocycles. The van der Waals surface area contributed by atoms with E-state index in [1.165, 1.54) is 5.56 Å². The van der Waals surface area contributed by atoms with Gasteiger partial charge in [-0.3, -0.25) is 0 Å². The monoisotopic (exact) mass is 403 g/mol. The van der Waals surface area contributed by atoms with Gasteiger partial charge in [-0.15, -0.1) is 11.3 Å². The van der Waals surface area contributed by atoms with Gasteiger partial charge in [0.1, 0.15) is 17.0 Å². The molecular formula is C18H21N5O2S2. The van der Waals surface area contributed by atoms with Crippen molar-refractivity contribution in [2.24, 2.45) is 11.1 Å². The fourth-order valence-electron chi connectivity index (χ4n) is 3.50.